The van der Waals surface area contributed by atoms with Gasteiger partial charge in [-0.05, 0) is 40.5 Å². The highest BCUT2D eigenvalue weighted by Gasteiger charge is 2.37. The molecule has 0 fully saturated rings. The second-order valence-corrected chi connectivity index (χ2v) is 8.09. The molecule has 0 saturated heterocycles. The highest BCUT2D eigenvalue weighted by molar-refractivity contribution is 6.11. The van der Waals surface area contributed by atoms with Gasteiger partial charge in [-0.2, -0.15) is 0 Å². The number of hydrogen-bond acceptors (Lipinski definition) is 2. The van der Waals surface area contributed by atoms with Crippen molar-refractivity contribution in [3.8, 4) is 22.3 Å². The molecule has 0 saturated carbocycles. The van der Waals surface area contributed by atoms with Crippen LogP contribution in [0.1, 0.15) is 25.0 Å². The summed E-state index contributed by atoms with van der Waals surface area (Å²) < 4.78 is 6.38. The molecule has 1 aliphatic rings. The number of nitrogens with zero attached hydrogens (tertiary/aromatic N) is 1. The molecule has 2 heteroatoms. The van der Waals surface area contributed by atoms with E-state index >= 15 is 0 Å². The van der Waals surface area contributed by atoms with Crippen LogP contribution >= 0.6 is 0 Å². The third kappa shape index (κ3) is 1.95. The number of hydrogen-bond donors (Lipinski definition) is 0. The van der Waals surface area contributed by atoms with Crippen LogP contribution in [-0.4, -0.2) is 4.98 Å². The number of fused-ring (bicyclic) bond motifs is 7. The third-order valence-electron chi connectivity index (χ3n) is 6.18. The van der Waals surface area contributed by atoms with E-state index < -0.39 is 0 Å². The molecule has 3 aromatic carbocycles. The fourth-order valence-corrected chi connectivity index (χ4v) is 4.73. The summed E-state index contributed by atoms with van der Waals surface area (Å²) >= 11 is 0. The minimum atomic E-state index is -0.0503. The van der Waals surface area contributed by atoms with Gasteiger partial charge in [-0.3, -0.25) is 4.98 Å². The number of pyridine rings is 1. The molecule has 0 unspecified atom stereocenters. The minimum absolute atomic E-state index is 0.0503. The van der Waals surface area contributed by atoms with Crippen molar-refractivity contribution in [1.82, 2.24) is 4.98 Å². The number of benzene rings is 3. The number of furan rings is 1. The summed E-state index contributed by atoms with van der Waals surface area (Å²) in [6.45, 7) is 4.60. The molecule has 1 aliphatic carbocycles. The molecule has 0 spiro atoms. The summed E-state index contributed by atoms with van der Waals surface area (Å²) in [4.78, 5) is 4.29. The van der Waals surface area contributed by atoms with Crippen LogP contribution in [0.4, 0.5) is 0 Å². The first-order valence-corrected chi connectivity index (χ1v) is 9.64. The van der Waals surface area contributed by atoms with E-state index in [1.807, 2.05) is 24.5 Å². The molecule has 0 aliphatic heterocycles. The Morgan fingerprint density at radius 1 is 0.786 bits per heavy atom. The number of para-hydroxylation sites is 1. The topological polar surface area (TPSA) is 26.0 Å². The molecule has 2 aromatic heterocycles. The summed E-state index contributed by atoms with van der Waals surface area (Å²) in [5, 5.41) is 2.36. The second kappa shape index (κ2) is 5.32. The predicted octanol–water partition coefficient (Wildman–Crippen LogP) is 6.95. The fourth-order valence-electron chi connectivity index (χ4n) is 4.73. The lowest BCUT2D eigenvalue weighted by Gasteiger charge is -2.21. The van der Waals surface area contributed by atoms with E-state index in [0.29, 0.717) is 0 Å². The molecule has 134 valence electrons. The van der Waals surface area contributed by atoms with Gasteiger partial charge in [-0.1, -0.05) is 62.4 Å². The van der Waals surface area contributed by atoms with Crippen LogP contribution in [0.5, 0.6) is 0 Å². The van der Waals surface area contributed by atoms with Gasteiger partial charge in [0.25, 0.3) is 0 Å². The first-order chi connectivity index (χ1) is 13.6. The highest BCUT2D eigenvalue weighted by Crippen LogP contribution is 2.53. The summed E-state index contributed by atoms with van der Waals surface area (Å²) in [5.74, 6) is 0. The molecule has 6 rings (SSSR count). The summed E-state index contributed by atoms with van der Waals surface area (Å²) in [6.07, 6.45) is 3.73. The average Bonchev–Trinajstić information content (AvgIpc) is 3.22. The Morgan fingerprint density at radius 3 is 2.50 bits per heavy atom. The zero-order chi connectivity index (χ0) is 18.9. The Morgan fingerprint density at radius 2 is 1.64 bits per heavy atom. The Labute approximate surface area is 163 Å². The molecular formula is C26H19NO. The lowest BCUT2D eigenvalue weighted by molar-refractivity contribution is 0.653. The Hall–Kier alpha value is -3.39. The monoisotopic (exact) mass is 361 g/mol. The van der Waals surface area contributed by atoms with Crippen molar-refractivity contribution < 1.29 is 4.42 Å². The normalized spacial score (nSPS) is 14.4. The molecule has 28 heavy (non-hydrogen) atoms. The molecule has 2 heterocycles. The maximum Gasteiger partial charge on any atom is 0.143 e. The molecular weight excluding hydrogens is 342 g/mol. The van der Waals surface area contributed by atoms with E-state index in [2.05, 4.69) is 73.4 Å². The van der Waals surface area contributed by atoms with Crippen molar-refractivity contribution in [2.75, 3.05) is 0 Å². The summed E-state index contributed by atoms with van der Waals surface area (Å²) in [6, 6.07) is 23.7. The fraction of sp³-hybridized carbons (Fsp3) is 0.115. The molecule has 0 atom stereocenters. The van der Waals surface area contributed by atoms with Crippen LogP contribution in [0.25, 0.3) is 44.2 Å². The van der Waals surface area contributed by atoms with Crippen LogP contribution in [0.2, 0.25) is 0 Å². The van der Waals surface area contributed by atoms with Crippen LogP contribution in [0.3, 0.4) is 0 Å². The molecule has 0 bridgehead atoms. The van der Waals surface area contributed by atoms with Crippen molar-refractivity contribution in [1.29, 1.82) is 0 Å². The average molecular weight is 361 g/mol. The molecule has 2 nitrogen and oxygen atoms in total. The highest BCUT2D eigenvalue weighted by atomic mass is 16.3. The maximum absolute atomic E-state index is 6.38. The first kappa shape index (κ1) is 15.6. The summed E-state index contributed by atoms with van der Waals surface area (Å²) in [5.41, 5.74) is 9.39. The van der Waals surface area contributed by atoms with E-state index in [1.54, 1.807) is 0 Å². The molecule has 0 amide bonds. The van der Waals surface area contributed by atoms with Gasteiger partial charge in [0.2, 0.25) is 0 Å². The SMILES string of the molecule is CC1(C)c2ccc(-c3cccnc3)cc2-c2c1ccc1c2oc2ccccc21. The van der Waals surface area contributed by atoms with Gasteiger partial charge in [-0.15, -0.1) is 0 Å². The smallest absolute Gasteiger partial charge is 0.143 e. The maximum atomic E-state index is 6.38. The summed E-state index contributed by atoms with van der Waals surface area (Å²) in [7, 11) is 0. The van der Waals surface area contributed by atoms with Gasteiger partial charge in [0.1, 0.15) is 11.2 Å². The van der Waals surface area contributed by atoms with E-state index in [0.717, 1.165) is 16.7 Å². The van der Waals surface area contributed by atoms with Crippen LogP contribution in [-0.2, 0) is 5.41 Å². The standard InChI is InChI=1S/C26H19NO/c1-26(2)21-11-9-16(17-6-5-13-27-15-17)14-20(21)24-22(26)12-10-19-18-7-3-4-8-23(18)28-25(19)24/h3-15H,1-2H3. The van der Waals surface area contributed by atoms with Gasteiger partial charge in [-0.25, -0.2) is 0 Å². The first-order valence-electron chi connectivity index (χ1n) is 9.64. The largest absolute Gasteiger partial charge is 0.455 e. The van der Waals surface area contributed by atoms with Crippen LogP contribution in [0, 0.1) is 0 Å². The molecule has 5 aromatic rings. The van der Waals surface area contributed by atoms with Crippen LogP contribution < -0.4 is 0 Å². The minimum Gasteiger partial charge on any atom is -0.455 e. The van der Waals surface area contributed by atoms with Crippen molar-refractivity contribution in [3.63, 3.8) is 0 Å². The second-order valence-electron chi connectivity index (χ2n) is 8.09. The Kier molecular flexibility index (Phi) is 2.98. The van der Waals surface area contributed by atoms with E-state index in [-0.39, 0.29) is 5.41 Å². The van der Waals surface area contributed by atoms with Crippen molar-refractivity contribution in [2.45, 2.75) is 19.3 Å². The van der Waals surface area contributed by atoms with Gasteiger partial charge >= 0.3 is 0 Å². The van der Waals surface area contributed by atoms with Crippen molar-refractivity contribution in [3.05, 3.63) is 90.3 Å². The van der Waals surface area contributed by atoms with Gasteiger partial charge in [0.05, 0.1) is 0 Å². The van der Waals surface area contributed by atoms with E-state index in [9.17, 15) is 0 Å². The predicted molar refractivity (Wildman–Crippen MR) is 115 cm³/mol. The number of rotatable bonds is 1. The lowest BCUT2D eigenvalue weighted by atomic mass is 9.82. The molecule has 0 radical (unpaired) electrons. The quantitative estimate of drug-likeness (QED) is 0.323. The van der Waals surface area contributed by atoms with Gasteiger partial charge < -0.3 is 4.42 Å². The Balaban J connectivity index is 1.71. The van der Waals surface area contributed by atoms with Crippen molar-refractivity contribution >= 4 is 21.9 Å². The zero-order valence-corrected chi connectivity index (χ0v) is 15.9. The van der Waals surface area contributed by atoms with Gasteiger partial charge in [0, 0.05) is 39.7 Å². The number of aromatic nitrogens is 1. The van der Waals surface area contributed by atoms with E-state index in [4.69, 9.17) is 4.42 Å². The Bertz CT molecular complexity index is 1380. The van der Waals surface area contributed by atoms with E-state index in [1.165, 1.54) is 38.6 Å². The van der Waals surface area contributed by atoms with Crippen LogP contribution in [0.15, 0.2) is 83.5 Å². The van der Waals surface area contributed by atoms with Gasteiger partial charge in [0.15, 0.2) is 0 Å². The van der Waals surface area contributed by atoms with Crippen molar-refractivity contribution in [2.24, 2.45) is 0 Å². The lowest BCUT2D eigenvalue weighted by Crippen LogP contribution is -2.14. The zero-order valence-electron chi connectivity index (χ0n) is 15.9. The third-order valence-corrected chi connectivity index (χ3v) is 6.18. The molecule has 0 N–H and O–H groups in total.